The molecule has 1 aliphatic rings. The van der Waals surface area contributed by atoms with Crippen LogP contribution < -0.4 is 4.90 Å². The lowest BCUT2D eigenvalue weighted by molar-refractivity contribution is -0.518. The highest BCUT2D eigenvalue weighted by molar-refractivity contribution is 8.70. The molecule has 0 heterocycles. The van der Waals surface area contributed by atoms with Crippen molar-refractivity contribution in [1.29, 1.82) is 0 Å². The van der Waals surface area contributed by atoms with Crippen molar-refractivity contribution < 1.29 is 30.5 Å². The van der Waals surface area contributed by atoms with Gasteiger partial charge in [0, 0.05) is 47.5 Å². The van der Waals surface area contributed by atoms with Crippen LogP contribution in [-0.2, 0) is 18.3 Å². The van der Waals surface area contributed by atoms with Gasteiger partial charge in [0.1, 0.15) is 6.54 Å². The van der Waals surface area contributed by atoms with Crippen molar-refractivity contribution in [1.82, 2.24) is 0 Å². The summed E-state index contributed by atoms with van der Waals surface area (Å²) < 4.78 is 64.2. The lowest BCUT2D eigenvalue weighted by Crippen LogP contribution is -2.25. The minimum Gasteiger partial charge on any atom is -0.371 e. The molecule has 0 saturated heterocycles. The number of nitrogens with zero attached hydrogens (tertiary/aromatic N) is 2. The van der Waals surface area contributed by atoms with Gasteiger partial charge in [-0.2, -0.15) is 16.8 Å². The molecule has 0 saturated carbocycles. The summed E-state index contributed by atoms with van der Waals surface area (Å²) in [6, 6.07) is 18.2. The van der Waals surface area contributed by atoms with Crippen molar-refractivity contribution in [2.45, 2.75) is 13.8 Å². The quantitative estimate of drug-likeness (QED) is 0.184. The molecule has 3 rings (SSSR count). The summed E-state index contributed by atoms with van der Waals surface area (Å²) in [4.78, 5) is 2.05. The molecule has 2 aromatic carbocycles. The highest BCUT2D eigenvalue weighted by atomic mass is 33.2. The second-order valence-corrected chi connectivity index (χ2v) is 15.4. The number of anilines is 1. The highest BCUT2D eigenvalue weighted by Gasteiger charge is 2.17. The van der Waals surface area contributed by atoms with E-state index in [1.54, 1.807) is 0 Å². The summed E-state index contributed by atoms with van der Waals surface area (Å²) in [5.41, 5.74) is 6.09. The van der Waals surface area contributed by atoms with Gasteiger partial charge in [-0.1, -0.05) is 42.5 Å². The first-order valence-corrected chi connectivity index (χ1v) is 18.3. The average molecular weight is 610 g/mol. The zero-order valence-electron chi connectivity index (χ0n) is 21.8. The molecule has 2 aromatic rings. The fraction of sp³-hybridized carbons (Fsp3) is 0.296. The van der Waals surface area contributed by atoms with Gasteiger partial charge in [0.2, 0.25) is 0 Å². The molecule has 210 valence electrons. The Labute approximate surface area is 238 Å². The van der Waals surface area contributed by atoms with Gasteiger partial charge in [-0.05, 0) is 71.2 Å². The summed E-state index contributed by atoms with van der Waals surface area (Å²) >= 11 is 0. The lowest BCUT2D eigenvalue weighted by atomic mass is 9.90. The van der Waals surface area contributed by atoms with E-state index in [1.165, 1.54) is 0 Å². The van der Waals surface area contributed by atoms with Crippen LogP contribution in [0.1, 0.15) is 25.0 Å². The van der Waals surface area contributed by atoms with Gasteiger partial charge >= 0.3 is 18.3 Å². The molecule has 0 atom stereocenters. The summed E-state index contributed by atoms with van der Waals surface area (Å²) in [7, 11) is -7.08. The SMILES string of the molecule is CCN(CCSS(=O)(=O)O)c1ccc(C(=C2C=CC(=[N+](CC)CCSS(=O)(=O)O)C=C2)c2ccccc2)cc1. The van der Waals surface area contributed by atoms with Crippen LogP contribution >= 0.6 is 21.6 Å². The fourth-order valence-electron chi connectivity index (χ4n) is 4.23. The number of allylic oxidation sites excluding steroid dienone is 5. The minimum absolute atomic E-state index is 0.255. The first kappa shape index (κ1) is 31.2. The maximum Gasteiger partial charge on any atom is 0.319 e. The van der Waals surface area contributed by atoms with Crippen molar-refractivity contribution in [3.8, 4) is 0 Å². The van der Waals surface area contributed by atoms with Crippen molar-refractivity contribution >= 4 is 56.9 Å². The molecular formula is C27H33N2O6S4+. The van der Waals surface area contributed by atoms with Crippen LogP contribution in [0.15, 0.2) is 84.5 Å². The maximum atomic E-state index is 11.0. The van der Waals surface area contributed by atoms with Gasteiger partial charge in [-0.25, -0.2) is 4.58 Å². The van der Waals surface area contributed by atoms with Crippen molar-refractivity contribution in [3.63, 3.8) is 0 Å². The Morgan fingerprint density at radius 1 is 0.795 bits per heavy atom. The van der Waals surface area contributed by atoms with Crippen molar-refractivity contribution in [2.75, 3.05) is 42.6 Å². The first-order chi connectivity index (χ1) is 18.5. The Balaban J connectivity index is 1.89. The van der Waals surface area contributed by atoms with Crippen LogP contribution in [0.5, 0.6) is 0 Å². The second kappa shape index (κ2) is 14.3. The normalized spacial score (nSPS) is 13.5. The van der Waals surface area contributed by atoms with E-state index in [9.17, 15) is 16.8 Å². The second-order valence-electron chi connectivity index (χ2n) is 8.49. The average Bonchev–Trinajstić information content (AvgIpc) is 2.90. The summed E-state index contributed by atoms with van der Waals surface area (Å²) in [6.45, 7) is 6.34. The molecule has 0 radical (unpaired) electrons. The molecule has 0 aliphatic heterocycles. The third kappa shape index (κ3) is 9.96. The maximum absolute atomic E-state index is 11.0. The third-order valence-electron chi connectivity index (χ3n) is 6.06. The van der Waals surface area contributed by atoms with Gasteiger partial charge in [0.25, 0.3) is 0 Å². The van der Waals surface area contributed by atoms with Gasteiger partial charge in [0.15, 0.2) is 12.3 Å². The molecule has 0 aromatic heterocycles. The smallest absolute Gasteiger partial charge is 0.319 e. The van der Waals surface area contributed by atoms with Gasteiger partial charge in [-0.3, -0.25) is 9.11 Å². The topological polar surface area (TPSA) is 115 Å². The van der Waals surface area contributed by atoms with E-state index in [-0.39, 0.29) is 11.5 Å². The highest BCUT2D eigenvalue weighted by Crippen LogP contribution is 2.31. The third-order valence-corrected chi connectivity index (χ3v) is 10.1. The summed E-state index contributed by atoms with van der Waals surface area (Å²) in [5, 5.41) is 0. The molecule has 0 fully saturated rings. The van der Waals surface area contributed by atoms with Crippen molar-refractivity contribution in [2.24, 2.45) is 0 Å². The van der Waals surface area contributed by atoms with Gasteiger partial charge in [-0.15, -0.1) is 0 Å². The molecule has 8 nitrogen and oxygen atoms in total. The Morgan fingerprint density at radius 2 is 1.36 bits per heavy atom. The Kier molecular flexibility index (Phi) is 11.5. The number of benzene rings is 2. The minimum atomic E-state index is -4.06. The molecule has 0 spiro atoms. The molecule has 12 heteroatoms. The standard InChI is InChI=1S/C27H32N2O6S4/c1-3-28(18-20-36-38(30,31)32)25-14-10-23(11-15-25)27(22-8-6-5-7-9-22)24-12-16-26(17-13-24)29(4-2)19-21-37-39(33,34)35/h5-17H,3-4,18-21H2,1-2H3,(H-,30,31,32,33,34,35)/p+1. The van der Waals surface area contributed by atoms with E-state index in [0.717, 1.165) is 33.7 Å². The zero-order valence-corrected chi connectivity index (χ0v) is 25.1. The van der Waals surface area contributed by atoms with E-state index in [4.69, 9.17) is 9.11 Å². The van der Waals surface area contributed by atoms with E-state index in [0.29, 0.717) is 47.8 Å². The summed E-state index contributed by atoms with van der Waals surface area (Å²) in [5.74, 6) is 0.511. The van der Waals surface area contributed by atoms with Crippen LogP contribution in [-0.4, -0.2) is 73.9 Å². The molecule has 2 N–H and O–H groups in total. The summed E-state index contributed by atoms with van der Waals surface area (Å²) in [6.07, 6.45) is 8.13. The van der Waals surface area contributed by atoms with E-state index in [2.05, 4.69) is 45.9 Å². The van der Waals surface area contributed by atoms with Crippen LogP contribution in [0.3, 0.4) is 0 Å². The molecule has 39 heavy (non-hydrogen) atoms. The van der Waals surface area contributed by atoms with E-state index < -0.39 is 18.3 Å². The van der Waals surface area contributed by atoms with Gasteiger partial charge < -0.3 is 4.90 Å². The van der Waals surface area contributed by atoms with Crippen LogP contribution in [0, 0.1) is 0 Å². The molecule has 0 unspecified atom stereocenters. The number of rotatable bonds is 13. The predicted molar refractivity (Wildman–Crippen MR) is 164 cm³/mol. The largest absolute Gasteiger partial charge is 0.371 e. The van der Waals surface area contributed by atoms with Crippen molar-refractivity contribution in [3.05, 3.63) is 95.6 Å². The Bertz CT molecular complexity index is 1450. The number of hydrogen-bond acceptors (Lipinski definition) is 7. The lowest BCUT2D eigenvalue weighted by Gasteiger charge is -2.23. The Morgan fingerprint density at radius 3 is 1.90 bits per heavy atom. The predicted octanol–water partition coefficient (Wildman–Crippen LogP) is 4.99. The molecule has 0 bridgehead atoms. The van der Waals surface area contributed by atoms with E-state index >= 15 is 0 Å². The Hall–Kier alpha value is -2.35. The van der Waals surface area contributed by atoms with Crippen LogP contribution in [0.25, 0.3) is 5.57 Å². The zero-order chi connectivity index (χ0) is 28.5. The number of hydrogen-bond donors (Lipinski definition) is 2. The van der Waals surface area contributed by atoms with Gasteiger partial charge in [0.05, 0.1) is 5.75 Å². The first-order valence-electron chi connectivity index (χ1n) is 12.4. The van der Waals surface area contributed by atoms with Crippen LogP contribution in [0.2, 0.25) is 0 Å². The molecule has 1 aliphatic carbocycles. The monoisotopic (exact) mass is 609 g/mol. The molecule has 0 amide bonds. The fourth-order valence-corrected chi connectivity index (χ4v) is 6.95. The van der Waals surface area contributed by atoms with Crippen LogP contribution in [0.4, 0.5) is 5.69 Å². The molecular weight excluding hydrogens is 577 g/mol. The van der Waals surface area contributed by atoms with E-state index in [1.807, 2.05) is 56.3 Å².